The van der Waals surface area contributed by atoms with Crippen molar-refractivity contribution < 1.29 is 26.7 Å². The van der Waals surface area contributed by atoms with Crippen molar-refractivity contribution in [3.63, 3.8) is 0 Å². The van der Waals surface area contributed by atoms with Crippen LogP contribution in [0.5, 0.6) is 0 Å². The number of nitrogens with zero attached hydrogens (tertiary/aromatic N) is 1. The zero-order chi connectivity index (χ0) is 13.0. The first-order chi connectivity index (χ1) is 7.18. The van der Waals surface area contributed by atoms with Crippen LogP contribution in [0.2, 0.25) is 0 Å². The van der Waals surface area contributed by atoms with Gasteiger partial charge < -0.3 is 4.90 Å². The van der Waals surface area contributed by atoms with E-state index < -0.39 is 18.0 Å². The maximum atomic E-state index is 12.7. The molecule has 1 amide bonds. The Balaban J connectivity index is 4.74. The minimum Gasteiger partial charge on any atom is -0.337 e. The van der Waals surface area contributed by atoms with Gasteiger partial charge in [-0.25, -0.2) is 0 Å². The fraction of sp³-hybridized carbons (Fsp3) is 0.889. The molecule has 0 unspecified atom stereocenters. The molecule has 0 saturated carbocycles. The van der Waals surface area contributed by atoms with E-state index >= 15 is 0 Å². The molecule has 0 aromatic rings. The molecule has 16 heavy (non-hydrogen) atoms. The Bertz CT molecular complexity index is 239. The lowest BCUT2D eigenvalue weighted by atomic mass is 10.2. The summed E-state index contributed by atoms with van der Waals surface area (Å²) in [4.78, 5) is 11.5. The Morgan fingerprint density at radius 2 is 1.62 bits per heavy atom. The molecule has 0 saturated heterocycles. The Morgan fingerprint density at radius 1 is 1.12 bits per heavy atom. The molecule has 0 N–H and O–H groups in total. The SMILES string of the molecule is CCCCN(CC)C(=O)C(F)(F)C(F)(F)F. The Kier molecular flexibility index (Phi) is 5.15. The molecular weight excluding hydrogens is 233 g/mol. The number of amides is 1. The summed E-state index contributed by atoms with van der Waals surface area (Å²) >= 11 is 0. The lowest BCUT2D eigenvalue weighted by Crippen LogP contribution is -2.52. The first kappa shape index (κ1) is 15.1. The highest BCUT2D eigenvalue weighted by Gasteiger charge is 2.64. The van der Waals surface area contributed by atoms with Crippen LogP contribution in [0.4, 0.5) is 22.0 Å². The van der Waals surface area contributed by atoms with Crippen LogP contribution in [0, 0.1) is 0 Å². The molecule has 2 nitrogen and oxygen atoms in total. The monoisotopic (exact) mass is 247 g/mol. The van der Waals surface area contributed by atoms with Gasteiger partial charge in [-0.05, 0) is 13.3 Å². The van der Waals surface area contributed by atoms with E-state index in [0.29, 0.717) is 17.7 Å². The second-order valence-electron chi connectivity index (χ2n) is 3.31. The summed E-state index contributed by atoms with van der Waals surface area (Å²) < 4.78 is 61.1. The topological polar surface area (TPSA) is 20.3 Å². The van der Waals surface area contributed by atoms with E-state index in [4.69, 9.17) is 0 Å². The number of rotatable bonds is 5. The van der Waals surface area contributed by atoms with Crippen LogP contribution in [0.25, 0.3) is 0 Å². The zero-order valence-electron chi connectivity index (χ0n) is 9.07. The summed E-state index contributed by atoms with van der Waals surface area (Å²) in [6.45, 7) is 2.86. The first-order valence-corrected chi connectivity index (χ1v) is 4.92. The van der Waals surface area contributed by atoms with Gasteiger partial charge in [-0.1, -0.05) is 13.3 Å². The van der Waals surface area contributed by atoms with Gasteiger partial charge in [-0.3, -0.25) is 4.79 Å². The summed E-state index contributed by atoms with van der Waals surface area (Å²) in [5.74, 6) is -7.47. The number of hydrogen-bond acceptors (Lipinski definition) is 1. The second kappa shape index (κ2) is 5.45. The molecule has 0 aromatic heterocycles. The Morgan fingerprint density at radius 3 is 1.94 bits per heavy atom. The molecule has 0 radical (unpaired) electrons. The normalized spacial score (nSPS) is 12.7. The molecule has 0 rings (SSSR count). The van der Waals surface area contributed by atoms with Crippen molar-refractivity contribution in [3.8, 4) is 0 Å². The van der Waals surface area contributed by atoms with Gasteiger partial charge in [0.1, 0.15) is 0 Å². The molecule has 0 heterocycles. The molecule has 0 bridgehead atoms. The summed E-state index contributed by atoms with van der Waals surface area (Å²) in [7, 11) is 0. The lowest BCUT2D eigenvalue weighted by Gasteiger charge is -2.26. The average Bonchev–Trinajstić information content (AvgIpc) is 2.16. The standard InChI is InChI=1S/C9H14F5NO/c1-3-5-6-15(4-2)7(16)8(10,11)9(12,13)14/h3-6H2,1-2H3. The third-order valence-corrected chi connectivity index (χ3v) is 2.08. The number of carbonyl (C=O) groups excluding carboxylic acids is 1. The van der Waals surface area contributed by atoms with Gasteiger partial charge in [0, 0.05) is 13.1 Å². The third-order valence-electron chi connectivity index (χ3n) is 2.08. The van der Waals surface area contributed by atoms with Crippen LogP contribution in [0.15, 0.2) is 0 Å². The van der Waals surface area contributed by atoms with E-state index in [0.717, 1.165) is 0 Å². The van der Waals surface area contributed by atoms with E-state index in [2.05, 4.69) is 0 Å². The van der Waals surface area contributed by atoms with Gasteiger partial charge >= 0.3 is 18.0 Å². The molecule has 96 valence electrons. The van der Waals surface area contributed by atoms with Crippen LogP contribution in [0.3, 0.4) is 0 Å². The van der Waals surface area contributed by atoms with Crippen molar-refractivity contribution in [1.82, 2.24) is 4.90 Å². The summed E-state index contributed by atoms with van der Waals surface area (Å²) in [5, 5.41) is 0. The summed E-state index contributed by atoms with van der Waals surface area (Å²) in [6, 6.07) is 0. The van der Waals surface area contributed by atoms with Crippen molar-refractivity contribution in [2.45, 2.75) is 38.8 Å². The predicted molar refractivity (Wildman–Crippen MR) is 48.2 cm³/mol. The number of alkyl halides is 5. The van der Waals surface area contributed by atoms with Gasteiger partial charge in [-0.15, -0.1) is 0 Å². The fourth-order valence-electron chi connectivity index (χ4n) is 1.07. The fourth-order valence-corrected chi connectivity index (χ4v) is 1.07. The molecule has 0 atom stereocenters. The Labute approximate surface area is 90.4 Å². The zero-order valence-corrected chi connectivity index (χ0v) is 9.07. The number of unbranched alkanes of at least 4 members (excludes halogenated alkanes) is 1. The van der Waals surface area contributed by atoms with E-state index in [9.17, 15) is 26.7 Å². The summed E-state index contributed by atoms with van der Waals surface area (Å²) in [6.07, 6.45) is -4.82. The molecule has 0 aliphatic rings. The highest BCUT2D eigenvalue weighted by Crippen LogP contribution is 2.36. The van der Waals surface area contributed by atoms with Gasteiger partial charge in [0.15, 0.2) is 0 Å². The van der Waals surface area contributed by atoms with Crippen LogP contribution in [-0.2, 0) is 4.79 Å². The molecular formula is C9H14F5NO. The van der Waals surface area contributed by atoms with Gasteiger partial charge in [0.25, 0.3) is 0 Å². The smallest absolute Gasteiger partial charge is 0.337 e. The average molecular weight is 247 g/mol. The Hall–Kier alpha value is -0.880. The molecule has 0 spiro atoms. The van der Waals surface area contributed by atoms with Crippen LogP contribution < -0.4 is 0 Å². The molecule has 0 fully saturated rings. The van der Waals surface area contributed by atoms with Crippen LogP contribution in [-0.4, -0.2) is 36.0 Å². The molecule has 0 aliphatic carbocycles. The van der Waals surface area contributed by atoms with Crippen LogP contribution in [0.1, 0.15) is 26.7 Å². The number of halogens is 5. The number of carbonyl (C=O) groups is 1. The van der Waals surface area contributed by atoms with E-state index in [-0.39, 0.29) is 13.1 Å². The first-order valence-electron chi connectivity index (χ1n) is 4.92. The van der Waals surface area contributed by atoms with Crippen molar-refractivity contribution >= 4 is 5.91 Å². The van der Waals surface area contributed by atoms with Crippen molar-refractivity contribution in [2.75, 3.05) is 13.1 Å². The molecule has 7 heteroatoms. The van der Waals surface area contributed by atoms with Gasteiger partial charge in [-0.2, -0.15) is 22.0 Å². The highest BCUT2D eigenvalue weighted by atomic mass is 19.4. The second-order valence-corrected chi connectivity index (χ2v) is 3.31. The maximum absolute atomic E-state index is 12.7. The lowest BCUT2D eigenvalue weighted by molar-refractivity contribution is -0.274. The quantitative estimate of drug-likeness (QED) is 0.684. The minimum atomic E-state index is -5.83. The van der Waals surface area contributed by atoms with Crippen molar-refractivity contribution in [3.05, 3.63) is 0 Å². The predicted octanol–water partition coefficient (Wildman–Crippen LogP) is 2.83. The maximum Gasteiger partial charge on any atom is 0.463 e. The van der Waals surface area contributed by atoms with E-state index in [1.165, 1.54) is 6.92 Å². The number of hydrogen-bond donors (Lipinski definition) is 0. The minimum absolute atomic E-state index is 0.0858. The third kappa shape index (κ3) is 3.31. The van der Waals surface area contributed by atoms with E-state index in [1.54, 1.807) is 6.92 Å². The molecule has 0 aliphatic heterocycles. The van der Waals surface area contributed by atoms with Crippen molar-refractivity contribution in [1.29, 1.82) is 0 Å². The van der Waals surface area contributed by atoms with Crippen molar-refractivity contribution in [2.24, 2.45) is 0 Å². The highest BCUT2D eigenvalue weighted by molar-refractivity contribution is 5.84. The van der Waals surface area contributed by atoms with Crippen LogP contribution >= 0.6 is 0 Å². The summed E-state index contributed by atoms with van der Waals surface area (Å²) in [5.41, 5.74) is 0. The molecule has 0 aromatic carbocycles. The van der Waals surface area contributed by atoms with Gasteiger partial charge in [0.2, 0.25) is 0 Å². The van der Waals surface area contributed by atoms with Gasteiger partial charge in [0.05, 0.1) is 0 Å². The van der Waals surface area contributed by atoms with E-state index in [1.807, 2.05) is 0 Å². The largest absolute Gasteiger partial charge is 0.463 e.